The van der Waals surface area contributed by atoms with E-state index < -0.39 is 5.97 Å². The Labute approximate surface area is 165 Å². The molecule has 0 fully saturated rings. The molecule has 27 heavy (non-hydrogen) atoms. The van der Waals surface area contributed by atoms with Crippen molar-refractivity contribution in [3.63, 3.8) is 0 Å². The number of unbranched alkanes of at least 4 members (excludes halogenated alkanes) is 1. The fraction of sp³-hybridized carbons (Fsp3) is 0.353. The molecular formula is C17H20N4O4S2. The number of anilines is 2. The topological polar surface area (TPSA) is 110 Å². The average molecular weight is 409 g/mol. The molecule has 0 aliphatic rings. The summed E-state index contributed by atoms with van der Waals surface area (Å²) in [7, 11) is 1.31. The van der Waals surface area contributed by atoms with Gasteiger partial charge in [-0.25, -0.2) is 4.79 Å². The first kappa shape index (κ1) is 20.8. The molecule has 1 aromatic heterocycles. The molecule has 0 atom stereocenters. The highest BCUT2D eigenvalue weighted by molar-refractivity contribution is 8.01. The highest BCUT2D eigenvalue weighted by atomic mass is 32.2. The number of carbonyl (C=O) groups excluding carboxylic acids is 3. The van der Waals surface area contributed by atoms with Crippen molar-refractivity contribution < 1.29 is 19.1 Å². The number of amides is 2. The lowest BCUT2D eigenvalue weighted by molar-refractivity contribution is -0.116. The number of aromatic nitrogens is 2. The first-order chi connectivity index (χ1) is 13.0. The lowest BCUT2D eigenvalue weighted by Crippen LogP contribution is -2.14. The number of ether oxygens (including phenoxy) is 1. The van der Waals surface area contributed by atoms with Crippen LogP contribution in [-0.4, -0.2) is 40.8 Å². The summed E-state index contributed by atoms with van der Waals surface area (Å²) >= 11 is 2.46. The standard InChI is InChI=1S/C17H20N4O4S2/c1-3-4-5-13(22)19-16-20-21-17(27-16)26-10-14(23)18-12-8-6-11(7-9-12)15(24)25-2/h6-9H,3-5,10H2,1-2H3,(H,18,23)(H,19,20,22). The number of nitrogens with zero attached hydrogens (tertiary/aromatic N) is 2. The molecule has 0 saturated heterocycles. The summed E-state index contributed by atoms with van der Waals surface area (Å²) in [5, 5.41) is 13.7. The van der Waals surface area contributed by atoms with Gasteiger partial charge in [0.05, 0.1) is 18.4 Å². The zero-order valence-electron chi connectivity index (χ0n) is 15.0. The number of rotatable bonds is 9. The Morgan fingerprint density at radius 2 is 1.85 bits per heavy atom. The first-order valence-corrected chi connectivity index (χ1v) is 10.1. The summed E-state index contributed by atoms with van der Waals surface area (Å²) in [6, 6.07) is 6.41. The van der Waals surface area contributed by atoms with Crippen molar-refractivity contribution in [2.45, 2.75) is 30.5 Å². The molecule has 0 radical (unpaired) electrons. The molecule has 1 heterocycles. The first-order valence-electron chi connectivity index (χ1n) is 8.26. The minimum Gasteiger partial charge on any atom is -0.465 e. The van der Waals surface area contributed by atoms with Gasteiger partial charge in [-0.05, 0) is 30.7 Å². The summed E-state index contributed by atoms with van der Waals surface area (Å²) in [5.41, 5.74) is 0.988. The number of methoxy groups -OCH3 is 1. The van der Waals surface area contributed by atoms with Crippen LogP contribution in [0.25, 0.3) is 0 Å². The van der Waals surface area contributed by atoms with Crippen LogP contribution in [0.2, 0.25) is 0 Å². The molecule has 0 spiro atoms. The van der Waals surface area contributed by atoms with E-state index in [0.717, 1.165) is 12.8 Å². The Kier molecular flexibility index (Phi) is 8.21. The van der Waals surface area contributed by atoms with Crippen molar-refractivity contribution in [2.75, 3.05) is 23.5 Å². The minimum absolute atomic E-state index is 0.0855. The quantitative estimate of drug-likeness (QED) is 0.372. The Balaban J connectivity index is 1.78. The monoisotopic (exact) mass is 408 g/mol. The summed E-state index contributed by atoms with van der Waals surface area (Å²) in [5.74, 6) is -0.582. The summed E-state index contributed by atoms with van der Waals surface area (Å²) < 4.78 is 5.22. The van der Waals surface area contributed by atoms with Gasteiger partial charge in [-0.2, -0.15) is 0 Å². The highest BCUT2D eigenvalue weighted by Gasteiger charge is 2.11. The van der Waals surface area contributed by atoms with Gasteiger partial charge in [0.1, 0.15) is 0 Å². The van der Waals surface area contributed by atoms with E-state index in [4.69, 9.17) is 0 Å². The number of carbonyl (C=O) groups is 3. The maximum Gasteiger partial charge on any atom is 0.337 e. The molecule has 2 amide bonds. The van der Waals surface area contributed by atoms with Gasteiger partial charge in [-0.3, -0.25) is 9.59 Å². The predicted molar refractivity (Wildman–Crippen MR) is 105 cm³/mol. The second-order valence-corrected chi connectivity index (χ2v) is 7.63. The Hall–Kier alpha value is -2.46. The molecule has 2 aromatic rings. The van der Waals surface area contributed by atoms with E-state index in [0.29, 0.717) is 27.1 Å². The van der Waals surface area contributed by atoms with Crippen molar-refractivity contribution >= 4 is 51.7 Å². The van der Waals surface area contributed by atoms with Crippen LogP contribution in [0.3, 0.4) is 0 Å². The fourth-order valence-corrected chi connectivity index (χ4v) is 3.54. The number of hydrogen-bond acceptors (Lipinski definition) is 8. The van der Waals surface area contributed by atoms with Gasteiger partial charge in [-0.15, -0.1) is 10.2 Å². The Bertz CT molecular complexity index is 792. The van der Waals surface area contributed by atoms with E-state index in [2.05, 4.69) is 25.6 Å². The van der Waals surface area contributed by atoms with Gasteiger partial charge in [0.25, 0.3) is 0 Å². The molecule has 1 aromatic carbocycles. The molecule has 10 heteroatoms. The molecular weight excluding hydrogens is 388 g/mol. The highest BCUT2D eigenvalue weighted by Crippen LogP contribution is 2.25. The van der Waals surface area contributed by atoms with Crippen LogP contribution in [0, 0.1) is 0 Å². The van der Waals surface area contributed by atoms with Crippen molar-refractivity contribution in [3.05, 3.63) is 29.8 Å². The lowest BCUT2D eigenvalue weighted by Gasteiger charge is -2.05. The third-order valence-electron chi connectivity index (χ3n) is 3.33. The number of benzene rings is 1. The van der Waals surface area contributed by atoms with E-state index in [9.17, 15) is 14.4 Å². The normalized spacial score (nSPS) is 10.3. The Morgan fingerprint density at radius 1 is 1.11 bits per heavy atom. The van der Waals surface area contributed by atoms with E-state index in [1.54, 1.807) is 24.3 Å². The molecule has 2 N–H and O–H groups in total. The molecule has 0 aliphatic heterocycles. The van der Waals surface area contributed by atoms with Crippen LogP contribution in [0.15, 0.2) is 28.6 Å². The second kappa shape index (κ2) is 10.6. The third-order valence-corrected chi connectivity index (χ3v) is 5.30. The molecule has 0 bridgehead atoms. The zero-order valence-corrected chi connectivity index (χ0v) is 16.6. The van der Waals surface area contributed by atoms with Crippen molar-refractivity contribution in [1.29, 1.82) is 0 Å². The summed E-state index contributed by atoms with van der Waals surface area (Å²) in [6.45, 7) is 2.02. The van der Waals surface area contributed by atoms with Crippen molar-refractivity contribution in [3.8, 4) is 0 Å². The van der Waals surface area contributed by atoms with E-state index >= 15 is 0 Å². The summed E-state index contributed by atoms with van der Waals surface area (Å²) in [6.07, 6.45) is 2.23. The third kappa shape index (κ3) is 6.99. The molecule has 0 saturated carbocycles. The number of thioether (sulfide) groups is 1. The van der Waals surface area contributed by atoms with Crippen LogP contribution >= 0.6 is 23.1 Å². The van der Waals surface area contributed by atoms with Gasteiger partial charge in [-0.1, -0.05) is 36.4 Å². The molecule has 0 unspecified atom stereocenters. The van der Waals surface area contributed by atoms with Gasteiger partial charge in [0.15, 0.2) is 4.34 Å². The summed E-state index contributed by atoms with van der Waals surface area (Å²) in [4.78, 5) is 35.1. The average Bonchev–Trinajstić information content (AvgIpc) is 3.12. The van der Waals surface area contributed by atoms with Gasteiger partial charge in [0, 0.05) is 12.1 Å². The molecule has 2 rings (SSSR count). The van der Waals surface area contributed by atoms with Gasteiger partial charge >= 0.3 is 5.97 Å². The molecule has 8 nitrogen and oxygen atoms in total. The van der Waals surface area contributed by atoms with Crippen LogP contribution in [0.5, 0.6) is 0 Å². The molecule has 144 valence electrons. The minimum atomic E-state index is -0.433. The second-order valence-electron chi connectivity index (χ2n) is 5.43. The maximum absolute atomic E-state index is 12.0. The van der Waals surface area contributed by atoms with E-state index in [1.807, 2.05) is 6.92 Å². The Morgan fingerprint density at radius 3 is 2.52 bits per heavy atom. The van der Waals surface area contributed by atoms with E-state index in [-0.39, 0.29) is 17.6 Å². The van der Waals surface area contributed by atoms with Crippen LogP contribution in [0.4, 0.5) is 10.8 Å². The SMILES string of the molecule is CCCCC(=O)Nc1nnc(SCC(=O)Nc2ccc(C(=O)OC)cc2)s1. The van der Waals surface area contributed by atoms with Crippen molar-refractivity contribution in [2.24, 2.45) is 0 Å². The number of hydrogen-bond donors (Lipinski definition) is 2. The fourth-order valence-electron chi connectivity index (χ4n) is 1.97. The maximum atomic E-state index is 12.0. The van der Waals surface area contributed by atoms with Crippen molar-refractivity contribution in [1.82, 2.24) is 10.2 Å². The lowest BCUT2D eigenvalue weighted by atomic mass is 10.2. The molecule has 0 aliphatic carbocycles. The van der Waals surface area contributed by atoms with Gasteiger partial charge < -0.3 is 15.4 Å². The largest absolute Gasteiger partial charge is 0.465 e. The smallest absolute Gasteiger partial charge is 0.337 e. The van der Waals surface area contributed by atoms with E-state index in [1.165, 1.54) is 30.2 Å². The van der Waals surface area contributed by atoms with Gasteiger partial charge in [0.2, 0.25) is 16.9 Å². The van der Waals surface area contributed by atoms with Crippen LogP contribution in [0.1, 0.15) is 36.5 Å². The number of nitrogens with one attached hydrogen (secondary N) is 2. The van der Waals surface area contributed by atoms with Crippen LogP contribution in [-0.2, 0) is 14.3 Å². The predicted octanol–water partition coefficient (Wildman–Crippen LogP) is 3.18. The van der Waals surface area contributed by atoms with Crippen LogP contribution < -0.4 is 10.6 Å². The zero-order chi connectivity index (χ0) is 19.6. The number of esters is 1.